The maximum Gasteiger partial charge on any atom is 0.407 e. The summed E-state index contributed by atoms with van der Waals surface area (Å²) in [6, 6.07) is 16.6. The third kappa shape index (κ3) is 3.14. The van der Waals surface area contributed by atoms with Crippen molar-refractivity contribution in [2.45, 2.75) is 19.3 Å². The summed E-state index contributed by atoms with van der Waals surface area (Å²) in [7, 11) is 0. The molecule has 0 unspecified atom stereocenters. The average molecular weight is 307 g/mol. The minimum absolute atomic E-state index is 0.0996. The van der Waals surface area contributed by atoms with Crippen molar-refractivity contribution >= 4 is 6.09 Å². The standard InChI is InChI=1S/C20H21NO2/c1-3-14(2)12-21-20(22)23-13-19-17-10-6-4-8-15(17)16-9-5-7-11-18(16)19/h4-11,19H,2-3,12-13H2,1H3,(H,21,22). The second kappa shape index (κ2) is 6.69. The smallest absolute Gasteiger partial charge is 0.407 e. The molecular formula is C20H21NO2. The normalized spacial score (nSPS) is 12.4. The molecule has 0 atom stereocenters. The van der Waals surface area contributed by atoms with Crippen LogP contribution < -0.4 is 5.32 Å². The van der Waals surface area contributed by atoms with Crippen LogP contribution in [-0.2, 0) is 4.74 Å². The SMILES string of the molecule is C=C(CC)CNC(=O)OCC1c2ccccc2-c2ccccc21. The van der Waals surface area contributed by atoms with Crippen molar-refractivity contribution in [3.05, 3.63) is 71.8 Å². The lowest BCUT2D eigenvalue weighted by atomic mass is 9.98. The first-order valence-corrected chi connectivity index (χ1v) is 7.96. The maximum absolute atomic E-state index is 11.9. The van der Waals surface area contributed by atoms with Crippen molar-refractivity contribution in [3.63, 3.8) is 0 Å². The van der Waals surface area contributed by atoms with Crippen molar-refractivity contribution in [2.24, 2.45) is 0 Å². The lowest BCUT2D eigenvalue weighted by molar-refractivity contribution is 0.144. The topological polar surface area (TPSA) is 38.3 Å². The van der Waals surface area contributed by atoms with Gasteiger partial charge in [-0.15, -0.1) is 0 Å². The molecule has 3 nitrogen and oxygen atoms in total. The number of hydrogen-bond donors (Lipinski definition) is 1. The van der Waals surface area contributed by atoms with E-state index in [0.29, 0.717) is 13.2 Å². The van der Waals surface area contributed by atoms with Crippen molar-refractivity contribution in [1.29, 1.82) is 0 Å². The molecule has 1 N–H and O–H groups in total. The zero-order valence-electron chi connectivity index (χ0n) is 13.3. The Morgan fingerprint density at radius 1 is 1.09 bits per heavy atom. The zero-order chi connectivity index (χ0) is 16.2. The number of carbonyl (C=O) groups excluding carboxylic acids is 1. The van der Waals surface area contributed by atoms with Gasteiger partial charge in [-0.25, -0.2) is 4.79 Å². The van der Waals surface area contributed by atoms with Gasteiger partial charge in [-0.3, -0.25) is 0 Å². The molecule has 2 aromatic rings. The highest BCUT2D eigenvalue weighted by Gasteiger charge is 2.28. The predicted molar refractivity (Wildman–Crippen MR) is 92.5 cm³/mol. The maximum atomic E-state index is 11.9. The molecule has 0 aromatic heterocycles. The van der Waals surface area contributed by atoms with E-state index in [4.69, 9.17) is 4.74 Å². The Kier molecular flexibility index (Phi) is 4.47. The van der Waals surface area contributed by atoms with E-state index in [1.807, 2.05) is 31.2 Å². The average Bonchev–Trinajstić information content (AvgIpc) is 2.92. The third-order valence-electron chi connectivity index (χ3n) is 4.33. The van der Waals surface area contributed by atoms with E-state index < -0.39 is 0 Å². The molecule has 0 radical (unpaired) electrons. The van der Waals surface area contributed by atoms with Crippen LogP contribution in [0.3, 0.4) is 0 Å². The molecule has 1 aliphatic rings. The van der Waals surface area contributed by atoms with Gasteiger partial charge in [-0.2, -0.15) is 0 Å². The minimum atomic E-state index is -0.388. The van der Waals surface area contributed by atoms with Crippen molar-refractivity contribution in [1.82, 2.24) is 5.32 Å². The van der Waals surface area contributed by atoms with Crippen LogP contribution in [-0.4, -0.2) is 19.2 Å². The number of nitrogens with one attached hydrogen (secondary N) is 1. The van der Waals surface area contributed by atoms with E-state index in [-0.39, 0.29) is 12.0 Å². The number of hydrogen-bond acceptors (Lipinski definition) is 2. The Hall–Kier alpha value is -2.55. The number of amides is 1. The van der Waals surface area contributed by atoms with Crippen LogP contribution in [0.15, 0.2) is 60.7 Å². The summed E-state index contributed by atoms with van der Waals surface area (Å²) in [5, 5.41) is 2.74. The molecule has 3 heteroatoms. The van der Waals surface area contributed by atoms with Crippen LogP contribution >= 0.6 is 0 Å². The Balaban J connectivity index is 1.71. The van der Waals surface area contributed by atoms with Gasteiger partial charge in [0, 0.05) is 12.5 Å². The highest BCUT2D eigenvalue weighted by Crippen LogP contribution is 2.44. The van der Waals surface area contributed by atoms with Crippen molar-refractivity contribution < 1.29 is 9.53 Å². The van der Waals surface area contributed by atoms with Gasteiger partial charge in [0.2, 0.25) is 0 Å². The molecule has 0 saturated heterocycles. The Morgan fingerprint density at radius 2 is 1.65 bits per heavy atom. The summed E-state index contributed by atoms with van der Waals surface area (Å²) in [5.74, 6) is 0.0996. The Bertz CT molecular complexity index is 690. The summed E-state index contributed by atoms with van der Waals surface area (Å²) in [5.41, 5.74) is 5.89. The van der Waals surface area contributed by atoms with E-state index in [2.05, 4.69) is 36.2 Å². The molecule has 0 heterocycles. The second-order valence-corrected chi connectivity index (χ2v) is 5.78. The quantitative estimate of drug-likeness (QED) is 0.826. The van der Waals surface area contributed by atoms with E-state index in [1.54, 1.807) is 0 Å². The van der Waals surface area contributed by atoms with Crippen LogP contribution in [0.2, 0.25) is 0 Å². The van der Waals surface area contributed by atoms with Crippen molar-refractivity contribution in [2.75, 3.05) is 13.2 Å². The first-order chi connectivity index (χ1) is 11.2. The van der Waals surface area contributed by atoms with Crippen LogP contribution in [0.1, 0.15) is 30.4 Å². The molecule has 118 valence electrons. The van der Waals surface area contributed by atoms with Gasteiger partial charge in [0.15, 0.2) is 0 Å². The Labute approximate surface area is 137 Å². The number of alkyl carbamates (subject to hydrolysis) is 1. The summed E-state index contributed by atoms with van der Waals surface area (Å²) >= 11 is 0. The molecule has 0 saturated carbocycles. The van der Waals surface area contributed by atoms with Crippen LogP contribution in [0.25, 0.3) is 11.1 Å². The van der Waals surface area contributed by atoms with Gasteiger partial charge < -0.3 is 10.1 Å². The number of fused-ring (bicyclic) bond motifs is 3. The first kappa shape index (κ1) is 15.3. The number of ether oxygens (including phenoxy) is 1. The van der Waals surface area contributed by atoms with Gasteiger partial charge in [0.05, 0.1) is 0 Å². The fraction of sp³-hybridized carbons (Fsp3) is 0.250. The lowest BCUT2D eigenvalue weighted by Gasteiger charge is -2.14. The third-order valence-corrected chi connectivity index (χ3v) is 4.33. The first-order valence-electron chi connectivity index (χ1n) is 7.96. The molecule has 1 aliphatic carbocycles. The molecular weight excluding hydrogens is 286 g/mol. The summed E-state index contributed by atoms with van der Waals surface area (Å²) < 4.78 is 5.44. The number of benzene rings is 2. The van der Waals surface area contributed by atoms with Gasteiger partial charge in [0.25, 0.3) is 0 Å². The van der Waals surface area contributed by atoms with Gasteiger partial charge in [-0.1, -0.05) is 67.6 Å². The van der Waals surface area contributed by atoms with E-state index >= 15 is 0 Å². The van der Waals surface area contributed by atoms with Gasteiger partial charge in [-0.05, 0) is 28.7 Å². The van der Waals surface area contributed by atoms with E-state index in [0.717, 1.165) is 12.0 Å². The number of rotatable bonds is 5. The zero-order valence-corrected chi connectivity index (χ0v) is 13.3. The van der Waals surface area contributed by atoms with Crippen LogP contribution in [0.4, 0.5) is 4.79 Å². The molecule has 3 rings (SSSR count). The van der Waals surface area contributed by atoms with Gasteiger partial charge in [0.1, 0.15) is 6.61 Å². The number of carbonyl (C=O) groups is 1. The minimum Gasteiger partial charge on any atom is -0.449 e. The van der Waals surface area contributed by atoms with E-state index in [1.165, 1.54) is 22.3 Å². The summed E-state index contributed by atoms with van der Waals surface area (Å²) in [4.78, 5) is 11.9. The molecule has 0 aliphatic heterocycles. The van der Waals surface area contributed by atoms with Crippen LogP contribution in [0, 0.1) is 0 Å². The monoisotopic (exact) mass is 307 g/mol. The summed E-state index contributed by atoms with van der Waals surface area (Å²) in [6.45, 7) is 6.70. The molecule has 23 heavy (non-hydrogen) atoms. The van der Waals surface area contributed by atoms with E-state index in [9.17, 15) is 4.79 Å². The van der Waals surface area contributed by atoms with Crippen molar-refractivity contribution in [3.8, 4) is 11.1 Å². The molecule has 2 aromatic carbocycles. The molecule has 0 spiro atoms. The Morgan fingerprint density at radius 3 is 2.22 bits per heavy atom. The molecule has 1 amide bonds. The molecule has 0 fully saturated rings. The fourth-order valence-corrected chi connectivity index (χ4v) is 2.97. The lowest BCUT2D eigenvalue weighted by Crippen LogP contribution is -2.27. The largest absolute Gasteiger partial charge is 0.449 e. The molecule has 0 bridgehead atoms. The second-order valence-electron chi connectivity index (χ2n) is 5.78. The highest BCUT2D eigenvalue weighted by atomic mass is 16.5. The fourth-order valence-electron chi connectivity index (χ4n) is 2.97. The summed E-state index contributed by atoms with van der Waals surface area (Å²) in [6.07, 6.45) is 0.463. The highest BCUT2D eigenvalue weighted by molar-refractivity contribution is 5.79. The van der Waals surface area contributed by atoms with Crippen LogP contribution in [0.5, 0.6) is 0 Å². The predicted octanol–water partition coefficient (Wildman–Crippen LogP) is 4.49. The van der Waals surface area contributed by atoms with Gasteiger partial charge >= 0.3 is 6.09 Å².